The van der Waals surface area contributed by atoms with Crippen molar-refractivity contribution in [2.75, 3.05) is 13.2 Å². The van der Waals surface area contributed by atoms with Crippen LogP contribution >= 0.6 is 0 Å². The van der Waals surface area contributed by atoms with Crippen molar-refractivity contribution >= 4 is 5.91 Å². The fourth-order valence-electron chi connectivity index (χ4n) is 1.84. The van der Waals surface area contributed by atoms with E-state index in [4.69, 9.17) is 4.74 Å². The molecular formula is C16H16FNO3. The molecule has 0 fully saturated rings. The molecule has 0 saturated carbocycles. The molecule has 0 aliphatic heterocycles. The lowest BCUT2D eigenvalue weighted by Crippen LogP contribution is -2.34. The van der Waals surface area contributed by atoms with Crippen LogP contribution in [-0.2, 0) is 4.79 Å². The van der Waals surface area contributed by atoms with Crippen LogP contribution in [0, 0.1) is 5.82 Å². The molecule has 2 N–H and O–H groups in total. The second kappa shape index (κ2) is 7.40. The number of aliphatic hydroxyl groups is 1. The molecule has 2 aromatic carbocycles. The standard InChI is InChI=1S/C16H16FNO3/c17-13-6-8-14(9-7-13)21-11-16(20)18-15(10-19)12-4-2-1-3-5-12/h1-9,15,19H,10-11H2,(H,18,20)/t15-/m0/s1. The maximum atomic E-state index is 12.7. The molecule has 2 aromatic rings. The summed E-state index contributed by atoms with van der Waals surface area (Å²) in [5, 5.41) is 12.0. The Labute approximate surface area is 122 Å². The van der Waals surface area contributed by atoms with E-state index in [1.54, 1.807) is 0 Å². The van der Waals surface area contributed by atoms with Crippen LogP contribution in [0.15, 0.2) is 54.6 Å². The summed E-state index contributed by atoms with van der Waals surface area (Å²) in [6, 6.07) is 14.1. The molecule has 0 aliphatic rings. The number of nitrogens with one attached hydrogen (secondary N) is 1. The topological polar surface area (TPSA) is 58.6 Å². The van der Waals surface area contributed by atoms with E-state index < -0.39 is 6.04 Å². The summed E-state index contributed by atoms with van der Waals surface area (Å²) in [4.78, 5) is 11.8. The van der Waals surface area contributed by atoms with Crippen molar-refractivity contribution in [1.82, 2.24) is 5.32 Å². The summed E-state index contributed by atoms with van der Waals surface area (Å²) in [6.45, 7) is -0.402. The van der Waals surface area contributed by atoms with Gasteiger partial charge in [-0.25, -0.2) is 4.39 Å². The molecule has 5 heteroatoms. The summed E-state index contributed by atoms with van der Waals surface area (Å²) < 4.78 is 18.0. The first-order valence-corrected chi connectivity index (χ1v) is 6.52. The van der Waals surface area contributed by atoms with Gasteiger partial charge in [0.05, 0.1) is 12.6 Å². The highest BCUT2D eigenvalue weighted by Gasteiger charge is 2.13. The average Bonchev–Trinajstić information content (AvgIpc) is 2.53. The van der Waals surface area contributed by atoms with Gasteiger partial charge in [-0.15, -0.1) is 0 Å². The smallest absolute Gasteiger partial charge is 0.258 e. The van der Waals surface area contributed by atoms with Crippen LogP contribution < -0.4 is 10.1 Å². The molecular weight excluding hydrogens is 273 g/mol. The zero-order valence-corrected chi connectivity index (χ0v) is 11.3. The molecule has 1 amide bonds. The highest BCUT2D eigenvalue weighted by Crippen LogP contribution is 2.13. The van der Waals surface area contributed by atoms with Gasteiger partial charge in [-0.05, 0) is 29.8 Å². The Balaban J connectivity index is 1.87. The minimum atomic E-state index is -0.476. The van der Waals surface area contributed by atoms with Gasteiger partial charge in [-0.2, -0.15) is 0 Å². The van der Waals surface area contributed by atoms with Crippen molar-refractivity contribution in [1.29, 1.82) is 0 Å². The van der Waals surface area contributed by atoms with Crippen molar-refractivity contribution in [3.05, 3.63) is 66.0 Å². The van der Waals surface area contributed by atoms with Crippen molar-refractivity contribution in [3.8, 4) is 5.75 Å². The highest BCUT2D eigenvalue weighted by atomic mass is 19.1. The van der Waals surface area contributed by atoms with Gasteiger partial charge in [0.15, 0.2) is 6.61 Å². The quantitative estimate of drug-likeness (QED) is 0.855. The minimum absolute atomic E-state index is 0.199. The minimum Gasteiger partial charge on any atom is -0.484 e. The van der Waals surface area contributed by atoms with Crippen LogP contribution in [-0.4, -0.2) is 24.2 Å². The van der Waals surface area contributed by atoms with Gasteiger partial charge in [0, 0.05) is 0 Å². The third-order valence-corrected chi connectivity index (χ3v) is 2.90. The Hall–Kier alpha value is -2.40. The molecule has 0 saturated heterocycles. The van der Waals surface area contributed by atoms with Gasteiger partial charge in [0.25, 0.3) is 5.91 Å². The van der Waals surface area contributed by atoms with Crippen molar-refractivity contribution in [2.45, 2.75) is 6.04 Å². The number of carbonyl (C=O) groups is 1. The summed E-state index contributed by atoms with van der Waals surface area (Å²) in [5.41, 5.74) is 0.815. The van der Waals surface area contributed by atoms with Gasteiger partial charge < -0.3 is 15.2 Å². The average molecular weight is 289 g/mol. The Kier molecular flexibility index (Phi) is 5.29. The summed E-state index contributed by atoms with van der Waals surface area (Å²) in [5.74, 6) is -0.315. The van der Waals surface area contributed by atoms with Gasteiger partial charge in [0.2, 0.25) is 0 Å². The Morgan fingerprint density at radius 2 is 1.81 bits per heavy atom. The zero-order valence-electron chi connectivity index (χ0n) is 11.3. The zero-order chi connectivity index (χ0) is 15.1. The summed E-state index contributed by atoms with van der Waals surface area (Å²) >= 11 is 0. The first kappa shape index (κ1) is 15.0. The van der Waals surface area contributed by atoms with Gasteiger partial charge in [0.1, 0.15) is 11.6 Å². The van der Waals surface area contributed by atoms with Crippen molar-refractivity contribution in [2.24, 2.45) is 0 Å². The first-order chi connectivity index (χ1) is 10.2. The first-order valence-electron chi connectivity index (χ1n) is 6.52. The summed E-state index contributed by atoms with van der Waals surface area (Å²) in [7, 11) is 0. The number of amides is 1. The fourth-order valence-corrected chi connectivity index (χ4v) is 1.84. The van der Waals surface area contributed by atoms with E-state index in [0.29, 0.717) is 5.75 Å². The maximum absolute atomic E-state index is 12.7. The number of rotatable bonds is 6. The molecule has 0 bridgehead atoms. The normalized spacial score (nSPS) is 11.7. The second-order valence-electron chi connectivity index (χ2n) is 4.46. The second-order valence-corrected chi connectivity index (χ2v) is 4.46. The number of hydrogen-bond donors (Lipinski definition) is 2. The van der Waals surface area contributed by atoms with Crippen molar-refractivity contribution in [3.63, 3.8) is 0 Å². The largest absolute Gasteiger partial charge is 0.484 e. The molecule has 1 atom stereocenters. The Morgan fingerprint density at radius 3 is 2.43 bits per heavy atom. The number of aliphatic hydroxyl groups excluding tert-OH is 1. The third kappa shape index (κ3) is 4.57. The van der Waals surface area contributed by atoms with E-state index in [2.05, 4.69) is 5.32 Å². The van der Waals surface area contributed by atoms with Crippen LogP contribution in [0.5, 0.6) is 5.75 Å². The van der Waals surface area contributed by atoms with E-state index >= 15 is 0 Å². The molecule has 2 rings (SSSR count). The fraction of sp³-hybridized carbons (Fsp3) is 0.188. The van der Waals surface area contributed by atoms with Crippen molar-refractivity contribution < 1.29 is 19.0 Å². The van der Waals surface area contributed by atoms with Gasteiger partial charge >= 0.3 is 0 Å². The van der Waals surface area contributed by atoms with E-state index in [0.717, 1.165) is 5.56 Å². The van der Waals surface area contributed by atoms with Gasteiger partial charge in [-0.3, -0.25) is 4.79 Å². The molecule has 110 valence electrons. The molecule has 21 heavy (non-hydrogen) atoms. The van der Waals surface area contributed by atoms with E-state index in [1.807, 2.05) is 30.3 Å². The number of ether oxygens (including phenoxy) is 1. The van der Waals surface area contributed by atoms with Crippen LogP contribution in [0.1, 0.15) is 11.6 Å². The number of benzene rings is 2. The highest BCUT2D eigenvalue weighted by molar-refractivity contribution is 5.78. The SMILES string of the molecule is O=C(COc1ccc(F)cc1)N[C@@H](CO)c1ccccc1. The number of halogens is 1. The molecule has 0 aliphatic carbocycles. The number of hydrogen-bond acceptors (Lipinski definition) is 3. The third-order valence-electron chi connectivity index (χ3n) is 2.90. The molecule has 0 aromatic heterocycles. The summed E-state index contributed by atoms with van der Waals surface area (Å²) in [6.07, 6.45) is 0. The lowest BCUT2D eigenvalue weighted by Gasteiger charge is -2.16. The van der Waals surface area contributed by atoms with Crippen LogP contribution in [0.4, 0.5) is 4.39 Å². The molecule has 0 radical (unpaired) electrons. The van der Waals surface area contributed by atoms with Crippen LogP contribution in [0.2, 0.25) is 0 Å². The van der Waals surface area contributed by atoms with E-state index in [-0.39, 0.29) is 24.9 Å². The predicted molar refractivity (Wildman–Crippen MR) is 76.3 cm³/mol. The molecule has 4 nitrogen and oxygen atoms in total. The number of carbonyl (C=O) groups excluding carboxylic acids is 1. The maximum Gasteiger partial charge on any atom is 0.258 e. The Bertz CT molecular complexity index is 572. The predicted octanol–water partition coefficient (Wildman–Crippen LogP) is 2.05. The molecule has 0 heterocycles. The van der Waals surface area contributed by atoms with Gasteiger partial charge in [-0.1, -0.05) is 30.3 Å². The lowest BCUT2D eigenvalue weighted by molar-refractivity contribution is -0.124. The molecule has 0 spiro atoms. The molecule has 0 unspecified atom stereocenters. The Morgan fingerprint density at radius 1 is 1.14 bits per heavy atom. The van der Waals surface area contributed by atoms with E-state index in [1.165, 1.54) is 24.3 Å². The monoisotopic (exact) mass is 289 g/mol. The van der Waals surface area contributed by atoms with E-state index in [9.17, 15) is 14.3 Å². The lowest BCUT2D eigenvalue weighted by atomic mass is 10.1. The van der Waals surface area contributed by atoms with Crippen LogP contribution in [0.3, 0.4) is 0 Å². The van der Waals surface area contributed by atoms with Crippen LogP contribution in [0.25, 0.3) is 0 Å².